The predicted octanol–water partition coefficient (Wildman–Crippen LogP) is 0.772. The third kappa shape index (κ3) is 4.37. The van der Waals surface area contributed by atoms with Gasteiger partial charge in [-0.15, -0.1) is 0 Å². The van der Waals surface area contributed by atoms with Gasteiger partial charge in [-0.3, -0.25) is 4.52 Å². The van der Waals surface area contributed by atoms with Gasteiger partial charge in [-0.25, -0.2) is 14.5 Å². The fraction of sp³-hybridized carbons (Fsp3) is 0.333. The maximum absolute atomic E-state index is 10.9. The quantitative estimate of drug-likeness (QED) is 0.335. The molecule has 1 saturated heterocycles. The number of phosphoric ester groups is 1. The molecule has 0 aliphatic carbocycles. The fourth-order valence-electron chi connectivity index (χ4n) is 3.37. The summed E-state index contributed by atoms with van der Waals surface area (Å²) in [5, 5.41) is 24.5. The zero-order valence-electron chi connectivity index (χ0n) is 15.6. The molecular weight excluding hydrogens is 415 g/mol. The third-order valence-electron chi connectivity index (χ3n) is 4.83. The minimum absolute atomic E-state index is 0.466. The van der Waals surface area contributed by atoms with Gasteiger partial charge in [0.2, 0.25) is 0 Å². The molecular formula is C18H21N4O7P. The van der Waals surface area contributed by atoms with Gasteiger partial charge in [0, 0.05) is 12.7 Å². The lowest BCUT2D eigenvalue weighted by molar-refractivity contribution is -0.0501. The summed E-state index contributed by atoms with van der Waals surface area (Å²) in [6.45, 7) is -0.0156. The molecule has 4 rings (SSSR count). The summed E-state index contributed by atoms with van der Waals surface area (Å²) < 4.78 is 22.5. The molecule has 12 heteroatoms. The van der Waals surface area contributed by atoms with Crippen LogP contribution < -0.4 is 5.32 Å². The number of phosphoric acid groups is 1. The highest BCUT2D eigenvalue weighted by Crippen LogP contribution is 2.39. The second kappa shape index (κ2) is 8.40. The maximum Gasteiger partial charge on any atom is 0.469 e. The Balaban J connectivity index is 1.54. The molecule has 3 aromatic rings. The first-order chi connectivity index (χ1) is 14.3. The van der Waals surface area contributed by atoms with Crippen molar-refractivity contribution in [2.45, 2.75) is 31.1 Å². The van der Waals surface area contributed by atoms with Crippen molar-refractivity contribution in [2.75, 3.05) is 11.9 Å². The number of aliphatic hydroxyl groups excluding tert-OH is 2. The Labute approximate surface area is 171 Å². The fourth-order valence-corrected chi connectivity index (χ4v) is 3.71. The number of aliphatic hydroxyl groups is 2. The van der Waals surface area contributed by atoms with Gasteiger partial charge in [0.1, 0.15) is 36.1 Å². The van der Waals surface area contributed by atoms with Crippen molar-refractivity contribution in [3.63, 3.8) is 0 Å². The number of nitrogens with one attached hydrogen (secondary N) is 1. The summed E-state index contributed by atoms with van der Waals surface area (Å²) in [5.74, 6) is 0.594. The van der Waals surface area contributed by atoms with Gasteiger partial charge in [0.05, 0.1) is 12.0 Å². The van der Waals surface area contributed by atoms with E-state index in [-0.39, 0.29) is 0 Å². The molecule has 0 bridgehead atoms. The van der Waals surface area contributed by atoms with Crippen molar-refractivity contribution >= 4 is 24.7 Å². The Morgan fingerprint density at radius 3 is 2.63 bits per heavy atom. The zero-order chi connectivity index (χ0) is 21.3. The first-order valence-corrected chi connectivity index (χ1v) is 10.7. The minimum Gasteiger partial charge on any atom is -0.387 e. The van der Waals surface area contributed by atoms with Crippen LogP contribution in [-0.4, -0.2) is 59.5 Å². The second-order valence-corrected chi connectivity index (χ2v) is 8.09. The van der Waals surface area contributed by atoms with Gasteiger partial charge in [-0.05, 0) is 11.6 Å². The van der Waals surface area contributed by atoms with E-state index in [4.69, 9.17) is 14.5 Å². The second-order valence-electron chi connectivity index (χ2n) is 6.85. The lowest BCUT2D eigenvalue weighted by atomic mass is 10.1. The Hall–Kier alpha value is -2.37. The standard InChI is InChI=1S/C18H21N4O7P/c23-14-13(9-28-30(25,26)27)29-18(15(14)24)22-7-6-12-16(20-10-21-17(12)22)19-8-11-4-2-1-3-5-11/h1-7,10,13-15,18,23-24H,8-9H2,(H,19,20,21)(H2,25,26,27)/t13-,14-,15-,18?/m1/s1. The van der Waals surface area contributed by atoms with Crippen molar-refractivity contribution in [3.8, 4) is 0 Å². The molecule has 1 aromatic carbocycles. The van der Waals surface area contributed by atoms with Gasteiger partial charge in [-0.2, -0.15) is 0 Å². The van der Waals surface area contributed by atoms with E-state index in [1.54, 1.807) is 12.3 Å². The van der Waals surface area contributed by atoms with Crippen LogP contribution in [0.1, 0.15) is 11.8 Å². The van der Waals surface area contributed by atoms with Crippen LogP contribution in [0.3, 0.4) is 0 Å². The largest absolute Gasteiger partial charge is 0.469 e. The minimum atomic E-state index is -4.73. The molecule has 3 heterocycles. The number of hydrogen-bond acceptors (Lipinski definition) is 8. The molecule has 2 aromatic heterocycles. The van der Waals surface area contributed by atoms with Crippen molar-refractivity contribution in [1.82, 2.24) is 14.5 Å². The number of nitrogens with zero attached hydrogens (tertiary/aromatic N) is 3. The summed E-state index contributed by atoms with van der Waals surface area (Å²) >= 11 is 0. The summed E-state index contributed by atoms with van der Waals surface area (Å²) in [4.78, 5) is 26.2. The van der Waals surface area contributed by atoms with Crippen molar-refractivity contribution < 1.29 is 33.8 Å². The summed E-state index contributed by atoms with van der Waals surface area (Å²) in [7, 11) is -4.73. The average molecular weight is 436 g/mol. The van der Waals surface area contributed by atoms with E-state index in [1.165, 1.54) is 10.9 Å². The van der Waals surface area contributed by atoms with Crippen molar-refractivity contribution in [1.29, 1.82) is 0 Å². The Bertz CT molecular complexity index is 1060. The molecule has 160 valence electrons. The molecule has 0 amide bonds. The molecule has 0 saturated carbocycles. The van der Waals surface area contributed by atoms with Crippen LogP contribution >= 0.6 is 7.82 Å². The van der Waals surface area contributed by atoms with Crippen LogP contribution in [0.5, 0.6) is 0 Å². The maximum atomic E-state index is 10.9. The molecule has 0 spiro atoms. The number of rotatable bonds is 7. The summed E-state index contributed by atoms with van der Waals surface area (Å²) in [6.07, 6.45) is -1.86. The smallest absolute Gasteiger partial charge is 0.387 e. The van der Waals surface area contributed by atoms with E-state index in [2.05, 4.69) is 19.8 Å². The summed E-state index contributed by atoms with van der Waals surface area (Å²) in [6, 6.07) is 11.6. The molecule has 4 atom stereocenters. The van der Waals surface area contributed by atoms with E-state index >= 15 is 0 Å². The third-order valence-corrected chi connectivity index (χ3v) is 5.32. The Morgan fingerprint density at radius 1 is 1.13 bits per heavy atom. The SMILES string of the molecule is O=P(O)(O)OC[C@H]1OC(n2ccc3c(NCc4ccccc4)ncnc32)[C@H](O)[C@@H]1O. The number of hydrogen-bond donors (Lipinski definition) is 5. The highest BCUT2D eigenvalue weighted by molar-refractivity contribution is 7.46. The van der Waals surface area contributed by atoms with E-state index in [9.17, 15) is 14.8 Å². The number of anilines is 1. The van der Waals surface area contributed by atoms with Crippen LogP contribution in [0.25, 0.3) is 11.0 Å². The Morgan fingerprint density at radius 2 is 1.90 bits per heavy atom. The molecule has 1 fully saturated rings. The topological polar surface area (TPSA) is 159 Å². The lowest BCUT2D eigenvalue weighted by Crippen LogP contribution is -2.33. The molecule has 5 N–H and O–H groups in total. The van der Waals surface area contributed by atoms with Gasteiger partial charge in [0.15, 0.2) is 6.23 Å². The van der Waals surface area contributed by atoms with Gasteiger partial charge >= 0.3 is 7.82 Å². The highest BCUT2D eigenvalue weighted by Gasteiger charge is 2.45. The average Bonchev–Trinajstić information content (AvgIpc) is 3.27. The van der Waals surface area contributed by atoms with Crippen LogP contribution in [0.15, 0.2) is 48.9 Å². The predicted molar refractivity (Wildman–Crippen MR) is 105 cm³/mol. The Kier molecular flexibility index (Phi) is 5.85. The van der Waals surface area contributed by atoms with E-state index in [0.29, 0.717) is 23.4 Å². The highest BCUT2D eigenvalue weighted by atomic mass is 31.2. The summed E-state index contributed by atoms with van der Waals surface area (Å²) in [5.41, 5.74) is 1.54. The molecule has 1 unspecified atom stereocenters. The van der Waals surface area contributed by atoms with Gasteiger partial charge in [-0.1, -0.05) is 30.3 Å². The molecule has 30 heavy (non-hydrogen) atoms. The molecule has 11 nitrogen and oxygen atoms in total. The molecule has 0 radical (unpaired) electrons. The molecule has 1 aliphatic heterocycles. The van der Waals surface area contributed by atoms with Gasteiger partial charge in [0.25, 0.3) is 0 Å². The van der Waals surface area contributed by atoms with Gasteiger partial charge < -0.3 is 34.6 Å². The van der Waals surface area contributed by atoms with Crippen molar-refractivity contribution in [2.24, 2.45) is 0 Å². The van der Waals surface area contributed by atoms with Crippen LogP contribution in [0.4, 0.5) is 5.82 Å². The van der Waals surface area contributed by atoms with E-state index in [1.807, 2.05) is 30.3 Å². The lowest BCUT2D eigenvalue weighted by Gasteiger charge is -2.17. The van der Waals surface area contributed by atoms with Crippen LogP contribution in [-0.2, 0) is 20.4 Å². The number of benzene rings is 1. The first kappa shape index (κ1) is 20.9. The van der Waals surface area contributed by atoms with Crippen LogP contribution in [0.2, 0.25) is 0 Å². The first-order valence-electron chi connectivity index (χ1n) is 9.14. The zero-order valence-corrected chi connectivity index (χ0v) is 16.5. The molecule has 1 aliphatic rings. The van der Waals surface area contributed by atoms with Crippen LogP contribution in [0, 0.1) is 0 Å². The van der Waals surface area contributed by atoms with E-state index < -0.39 is 39.0 Å². The normalized spacial score (nSPS) is 24.4. The number of aromatic nitrogens is 3. The van der Waals surface area contributed by atoms with Crippen molar-refractivity contribution in [3.05, 3.63) is 54.5 Å². The number of fused-ring (bicyclic) bond motifs is 1. The monoisotopic (exact) mass is 436 g/mol. The number of ether oxygens (including phenoxy) is 1. The van der Waals surface area contributed by atoms with E-state index in [0.717, 1.165) is 5.56 Å².